The molecule has 0 aliphatic heterocycles. The van der Waals surface area contributed by atoms with E-state index in [0.717, 1.165) is 11.3 Å². The number of ether oxygens (including phenoxy) is 2. The van der Waals surface area contributed by atoms with Gasteiger partial charge in [-0.3, -0.25) is 19.7 Å². The molecule has 0 aliphatic rings. The number of rotatable bonds is 10. The number of nitro groups is 1. The van der Waals surface area contributed by atoms with Gasteiger partial charge in [-0.2, -0.15) is 11.8 Å². The molecule has 0 radical (unpaired) electrons. The van der Waals surface area contributed by atoms with E-state index < -0.39 is 22.8 Å². The first-order valence-corrected chi connectivity index (χ1v) is 11.4. The van der Waals surface area contributed by atoms with Crippen LogP contribution >= 0.6 is 23.4 Å². The van der Waals surface area contributed by atoms with Gasteiger partial charge in [-0.25, -0.2) is 0 Å². The predicted octanol–water partition coefficient (Wildman–Crippen LogP) is 4.33. The fourth-order valence-electron chi connectivity index (χ4n) is 3.20. The molecule has 11 heteroatoms. The summed E-state index contributed by atoms with van der Waals surface area (Å²) in [5, 5.41) is 14.8. The Labute approximate surface area is 198 Å². The number of esters is 1. The molecular weight excluding hydrogens is 470 g/mol. The normalized spacial score (nSPS) is 11.7. The molecule has 2 aromatic carbocycles. The van der Waals surface area contributed by atoms with E-state index in [1.807, 2.05) is 24.3 Å². The Morgan fingerprint density at radius 3 is 2.58 bits per heavy atom. The number of H-pyrrole nitrogens is 1. The quantitative estimate of drug-likeness (QED) is 0.245. The van der Waals surface area contributed by atoms with Crippen molar-refractivity contribution in [2.75, 3.05) is 20.0 Å². The molecule has 2 N–H and O–H groups in total. The minimum absolute atomic E-state index is 0.00986. The Hall–Kier alpha value is -3.24. The van der Waals surface area contributed by atoms with E-state index >= 15 is 0 Å². The van der Waals surface area contributed by atoms with E-state index in [9.17, 15) is 19.7 Å². The minimum Gasteiger partial charge on any atom is -0.497 e. The average molecular weight is 492 g/mol. The van der Waals surface area contributed by atoms with Crippen LogP contribution in [0, 0.1) is 10.1 Å². The highest BCUT2D eigenvalue weighted by Crippen LogP contribution is 2.30. The molecule has 33 heavy (non-hydrogen) atoms. The monoisotopic (exact) mass is 491 g/mol. The van der Waals surface area contributed by atoms with Gasteiger partial charge in [0.25, 0.3) is 11.6 Å². The second kappa shape index (κ2) is 11.1. The largest absolute Gasteiger partial charge is 0.497 e. The summed E-state index contributed by atoms with van der Waals surface area (Å²) in [7, 11) is 2.88. The van der Waals surface area contributed by atoms with Crippen LogP contribution in [0.3, 0.4) is 0 Å². The lowest BCUT2D eigenvalue weighted by Gasteiger charge is -2.17. The maximum absolute atomic E-state index is 12.8. The van der Waals surface area contributed by atoms with Crippen molar-refractivity contribution in [3.63, 3.8) is 0 Å². The summed E-state index contributed by atoms with van der Waals surface area (Å²) in [4.78, 5) is 38.2. The Morgan fingerprint density at radius 2 is 1.94 bits per heavy atom. The van der Waals surface area contributed by atoms with E-state index in [2.05, 4.69) is 10.3 Å². The number of non-ortho nitro benzene ring substituents is 1. The summed E-state index contributed by atoms with van der Waals surface area (Å²) in [6.45, 7) is 0. The van der Waals surface area contributed by atoms with Crippen LogP contribution in [0.25, 0.3) is 10.9 Å². The number of hydrogen-bond donors (Lipinski definition) is 2. The lowest BCUT2D eigenvalue weighted by atomic mass is 10.2. The van der Waals surface area contributed by atoms with Crippen LogP contribution < -0.4 is 10.1 Å². The minimum atomic E-state index is -0.567. The maximum atomic E-state index is 12.8. The third kappa shape index (κ3) is 6.39. The summed E-state index contributed by atoms with van der Waals surface area (Å²) in [5.41, 5.74) is 1.18. The van der Waals surface area contributed by atoms with Crippen molar-refractivity contribution in [2.24, 2.45) is 0 Å². The Morgan fingerprint density at radius 1 is 1.21 bits per heavy atom. The molecule has 9 nitrogen and oxygen atoms in total. The van der Waals surface area contributed by atoms with E-state index in [4.69, 9.17) is 21.1 Å². The zero-order valence-electron chi connectivity index (χ0n) is 17.9. The third-order valence-corrected chi connectivity index (χ3v) is 6.23. The zero-order chi connectivity index (χ0) is 24.0. The number of carbonyl (C=O) groups excluding carboxylic acids is 2. The summed E-state index contributed by atoms with van der Waals surface area (Å²) in [5.74, 6) is 0.952. The molecule has 0 aliphatic carbocycles. The van der Waals surface area contributed by atoms with Gasteiger partial charge in [-0.15, -0.1) is 0 Å². The molecule has 0 fully saturated rings. The van der Waals surface area contributed by atoms with Crippen molar-refractivity contribution in [2.45, 2.75) is 18.2 Å². The predicted molar refractivity (Wildman–Crippen MR) is 127 cm³/mol. The van der Waals surface area contributed by atoms with Gasteiger partial charge in [0.1, 0.15) is 17.0 Å². The van der Waals surface area contributed by atoms with Crippen molar-refractivity contribution in [1.29, 1.82) is 0 Å². The summed E-state index contributed by atoms with van der Waals surface area (Å²) in [6.07, 6.45) is -0.00986. The lowest BCUT2D eigenvalue weighted by Crippen LogP contribution is -2.38. The van der Waals surface area contributed by atoms with Crippen molar-refractivity contribution in [3.05, 3.63) is 68.9 Å². The van der Waals surface area contributed by atoms with E-state index in [-0.39, 0.29) is 28.3 Å². The van der Waals surface area contributed by atoms with Crippen molar-refractivity contribution < 1.29 is 24.0 Å². The number of nitrogens with zero attached hydrogens (tertiary/aromatic N) is 1. The second-order valence-electron chi connectivity index (χ2n) is 7.14. The summed E-state index contributed by atoms with van der Waals surface area (Å²) >= 11 is 7.51. The number of halogens is 1. The van der Waals surface area contributed by atoms with Gasteiger partial charge in [-0.05, 0) is 29.8 Å². The van der Waals surface area contributed by atoms with Crippen molar-refractivity contribution >= 4 is 51.8 Å². The number of hydrogen-bond acceptors (Lipinski definition) is 7. The van der Waals surface area contributed by atoms with Gasteiger partial charge in [0, 0.05) is 34.0 Å². The first kappa shape index (κ1) is 24.4. The number of benzene rings is 2. The molecule has 0 bridgehead atoms. The molecule has 3 aromatic rings. The highest BCUT2D eigenvalue weighted by Gasteiger charge is 2.22. The standard InChI is InChI=1S/C22H22ClN3O6S/c1-31-17-5-3-13(4-6-17)11-33-12-16(10-20(27)32-2)24-22(28)18-8-14-7-15(23)9-19(26(29)30)21(14)25-18/h3-9,16,25H,10-12H2,1-2H3,(H,24,28)/t16-/m1/s1. The Kier molecular flexibility index (Phi) is 8.18. The first-order valence-electron chi connectivity index (χ1n) is 9.85. The maximum Gasteiger partial charge on any atom is 0.307 e. The average Bonchev–Trinajstić information content (AvgIpc) is 3.22. The third-order valence-electron chi connectivity index (χ3n) is 4.84. The number of amides is 1. The van der Waals surface area contributed by atoms with Gasteiger partial charge in [0.2, 0.25) is 0 Å². The van der Waals surface area contributed by atoms with Crippen LogP contribution in [0.2, 0.25) is 5.02 Å². The molecule has 3 rings (SSSR count). The molecule has 0 saturated carbocycles. The smallest absolute Gasteiger partial charge is 0.307 e. The SMILES string of the molecule is COC(=O)C[C@H](CSCc1ccc(OC)cc1)NC(=O)c1cc2cc(Cl)cc([N+](=O)[O-])c2[nH]1. The Bertz CT molecular complexity index is 1160. The van der Waals surface area contributed by atoms with Gasteiger partial charge in [0.05, 0.1) is 25.6 Å². The number of nitro benzene ring substituents is 1. The van der Waals surface area contributed by atoms with Crippen molar-refractivity contribution in [3.8, 4) is 5.75 Å². The highest BCUT2D eigenvalue weighted by atomic mass is 35.5. The topological polar surface area (TPSA) is 124 Å². The number of aromatic amines is 1. The molecular formula is C22H22ClN3O6S. The van der Waals surface area contributed by atoms with Crippen LogP contribution in [-0.4, -0.2) is 47.8 Å². The fourth-order valence-corrected chi connectivity index (χ4v) is 4.45. The number of fused-ring (bicyclic) bond motifs is 1. The van der Waals surface area contributed by atoms with E-state index in [0.29, 0.717) is 16.9 Å². The molecule has 1 amide bonds. The van der Waals surface area contributed by atoms with Crippen LogP contribution in [0.5, 0.6) is 5.75 Å². The second-order valence-corrected chi connectivity index (χ2v) is 8.61. The number of aromatic nitrogens is 1. The number of nitrogens with one attached hydrogen (secondary N) is 2. The number of carbonyl (C=O) groups is 2. The lowest BCUT2D eigenvalue weighted by molar-refractivity contribution is -0.383. The van der Waals surface area contributed by atoms with Gasteiger partial charge < -0.3 is 19.8 Å². The highest BCUT2D eigenvalue weighted by molar-refractivity contribution is 7.98. The van der Waals surface area contributed by atoms with Gasteiger partial charge in [-0.1, -0.05) is 23.7 Å². The molecule has 0 spiro atoms. The molecule has 1 heterocycles. The first-order chi connectivity index (χ1) is 15.8. The van der Waals surface area contributed by atoms with E-state index in [1.54, 1.807) is 18.9 Å². The molecule has 174 valence electrons. The zero-order valence-corrected chi connectivity index (χ0v) is 19.5. The molecule has 1 aromatic heterocycles. The van der Waals surface area contributed by atoms with Gasteiger partial charge in [0.15, 0.2) is 0 Å². The summed E-state index contributed by atoms with van der Waals surface area (Å²) in [6, 6.07) is 11.4. The fraction of sp³-hybridized carbons (Fsp3) is 0.273. The molecule has 1 atom stereocenters. The number of thioether (sulfide) groups is 1. The van der Waals surface area contributed by atoms with Crippen LogP contribution in [0.1, 0.15) is 22.5 Å². The Balaban J connectivity index is 1.71. The van der Waals surface area contributed by atoms with Crippen molar-refractivity contribution in [1.82, 2.24) is 10.3 Å². The molecule has 0 saturated heterocycles. The van der Waals surface area contributed by atoms with E-state index in [1.165, 1.54) is 25.3 Å². The van der Waals surface area contributed by atoms with Crippen LogP contribution in [0.15, 0.2) is 42.5 Å². The summed E-state index contributed by atoms with van der Waals surface area (Å²) < 4.78 is 9.90. The van der Waals surface area contributed by atoms with Gasteiger partial charge >= 0.3 is 5.97 Å². The number of methoxy groups -OCH3 is 2. The molecule has 0 unspecified atom stereocenters. The van der Waals surface area contributed by atoms with Crippen LogP contribution in [0.4, 0.5) is 5.69 Å². The van der Waals surface area contributed by atoms with Crippen LogP contribution in [-0.2, 0) is 15.3 Å².